The molecule has 0 spiro atoms. The van der Waals surface area contributed by atoms with E-state index < -0.39 is 22.5 Å². The third kappa shape index (κ3) is 5.86. The molecule has 0 aliphatic rings. The minimum atomic E-state index is -4.04. The van der Waals surface area contributed by atoms with Gasteiger partial charge in [0.25, 0.3) is 15.9 Å². The first-order chi connectivity index (χ1) is 16.3. The number of rotatable bonds is 9. The monoisotopic (exact) mass is 501 g/mol. The number of amides is 1. The number of halogens is 1. The molecule has 0 aliphatic carbocycles. The molecule has 0 saturated carbocycles. The van der Waals surface area contributed by atoms with Gasteiger partial charge in [0.05, 0.1) is 30.5 Å². The molecule has 0 unspecified atom stereocenters. The number of hydrazone groups is 1. The third-order valence-electron chi connectivity index (χ3n) is 4.86. The van der Waals surface area contributed by atoms with Crippen molar-refractivity contribution in [1.29, 1.82) is 0 Å². The summed E-state index contributed by atoms with van der Waals surface area (Å²) >= 11 is 6.08. The summed E-state index contributed by atoms with van der Waals surface area (Å²) in [6, 6.07) is 19.4. The maximum absolute atomic E-state index is 13.3. The largest absolute Gasteiger partial charge is 0.493 e. The Hall–Kier alpha value is -3.56. The van der Waals surface area contributed by atoms with E-state index in [4.69, 9.17) is 21.1 Å². The predicted octanol–water partition coefficient (Wildman–Crippen LogP) is 4.09. The van der Waals surface area contributed by atoms with Crippen LogP contribution in [-0.2, 0) is 14.8 Å². The van der Waals surface area contributed by atoms with Crippen molar-refractivity contribution in [3.63, 3.8) is 0 Å². The van der Waals surface area contributed by atoms with Gasteiger partial charge in [0.2, 0.25) is 0 Å². The molecule has 0 saturated heterocycles. The summed E-state index contributed by atoms with van der Waals surface area (Å²) < 4.78 is 38.1. The van der Waals surface area contributed by atoms with Gasteiger partial charge in [-0.15, -0.1) is 0 Å². The van der Waals surface area contributed by atoms with E-state index in [1.807, 2.05) is 0 Å². The van der Waals surface area contributed by atoms with E-state index >= 15 is 0 Å². The van der Waals surface area contributed by atoms with Crippen LogP contribution in [-0.4, -0.2) is 40.8 Å². The van der Waals surface area contributed by atoms with Gasteiger partial charge in [0.15, 0.2) is 11.5 Å². The first kappa shape index (κ1) is 25.1. The molecule has 178 valence electrons. The summed E-state index contributed by atoms with van der Waals surface area (Å²) in [5.41, 5.74) is 3.87. The minimum Gasteiger partial charge on any atom is -0.493 e. The number of methoxy groups -OCH3 is 2. The number of benzene rings is 3. The summed E-state index contributed by atoms with van der Waals surface area (Å²) in [6.45, 7) is 1.21. The molecule has 0 radical (unpaired) electrons. The number of anilines is 1. The Morgan fingerprint density at radius 3 is 2.32 bits per heavy atom. The standard InChI is InChI=1S/C24H24ClN3O5S/c1-17(18-12-13-22(32-2)23(14-18)33-3)26-27-24(29)16-28(20-9-7-8-19(25)15-20)34(30,31)21-10-5-4-6-11-21/h4-15H,16H2,1-3H3,(H,27,29)/b26-17+. The highest BCUT2D eigenvalue weighted by molar-refractivity contribution is 7.92. The van der Waals surface area contributed by atoms with Crippen LogP contribution in [0.1, 0.15) is 12.5 Å². The maximum atomic E-state index is 13.3. The van der Waals surface area contributed by atoms with Crippen LogP contribution in [0, 0.1) is 0 Å². The summed E-state index contributed by atoms with van der Waals surface area (Å²) in [4.78, 5) is 12.8. The van der Waals surface area contributed by atoms with E-state index in [-0.39, 0.29) is 10.6 Å². The first-order valence-corrected chi connectivity index (χ1v) is 12.0. The molecule has 0 bridgehead atoms. The van der Waals surface area contributed by atoms with E-state index in [1.165, 1.54) is 32.4 Å². The molecule has 0 fully saturated rings. The Balaban J connectivity index is 1.85. The lowest BCUT2D eigenvalue weighted by Gasteiger charge is -2.24. The van der Waals surface area contributed by atoms with Gasteiger partial charge < -0.3 is 9.47 Å². The highest BCUT2D eigenvalue weighted by atomic mass is 35.5. The lowest BCUT2D eigenvalue weighted by atomic mass is 10.1. The molecule has 3 aromatic rings. The first-order valence-electron chi connectivity index (χ1n) is 10.1. The molecule has 0 heterocycles. The van der Waals surface area contributed by atoms with E-state index in [2.05, 4.69) is 10.5 Å². The number of nitrogens with one attached hydrogen (secondary N) is 1. The van der Waals surface area contributed by atoms with Crippen molar-refractivity contribution in [2.24, 2.45) is 5.10 Å². The van der Waals surface area contributed by atoms with E-state index in [9.17, 15) is 13.2 Å². The number of ether oxygens (including phenoxy) is 2. The van der Waals surface area contributed by atoms with Crippen molar-refractivity contribution in [3.05, 3.63) is 83.4 Å². The van der Waals surface area contributed by atoms with Gasteiger partial charge >= 0.3 is 0 Å². The smallest absolute Gasteiger partial charge is 0.264 e. The fourth-order valence-corrected chi connectivity index (χ4v) is 4.72. The van der Waals surface area contributed by atoms with Gasteiger partial charge in [-0.2, -0.15) is 5.10 Å². The lowest BCUT2D eigenvalue weighted by Crippen LogP contribution is -2.39. The summed E-state index contributed by atoms with van der Waals surface area (Å²) in [5.74, 6) is 0.452. The van der Waals surface area contributed by atoms with Crippen molar-refractivity contribution >= 4 is 38.9 Å². The van der Waals surface area contributed by atoms with Crippen LogP contribution in [0.15, 0.2) is 82.8 Å². The Kier molecular flexibility index (Phi) is 8.14. The molecule has 34 heavy (non-hydrogen) atoms. The number of nitrogens with zero attached hydrogens (tertiary/aromatic N) is 2. The van der Waals surface area contributed by atoms with Crippen LogP contribution in [0.2, 0.25) is 5.02 Å². The Labute approximate surface area is 203 Å². The van der Waals surface area contributed by atoms with E-state index in [1.54, 1.807) is 61.5 Å². The molecular formula is C24H24ClN3O5S. The van der Waals surface area contributed by atoms with Gasteiger partial charge in [0.1, 0.15) is 6.54 Å². The highest BCUT2D eigenvalue weighted by Crippen LogP contribution is 2.28. The fraction of sp³-hybridized carbons (Fsp3) is 0.167. The quantitative estimate of drug-likeness (QED) is 0.352. The van der Waals surface area contributed by atoms with Gasteiger partial charge in [-0.25, -0.2) is 13.8 Å². The molecule has 1 amide bonds. The second-order valence-electron chi connectivity index (χ2n) is 7.11. The molecular weight excluding hydrogens is 478 g/mol. The number of hydrogen-bond acceptors (Lipinski definition) is 6. The Morgan fingerprint density at radius 1 is 0.971 bits per heavy atom. The summed E-state index contributed by atoms with van der Waals surface area (Å²) in [7, 11) is -0.982. The SMILES string of the molecule is COc1ccc(/C(C)=N/NC(=O)CN(c2cccc(Cl)c2)S(=O)(=O)c2ccccc2)cc1OC. The zero-order valence-electron chi connectivity index (χ0n) is 18.9. The zero-order valence-corrected chi connectivity index (χ0v) is 20.4. The van der Waals surface area contributed by atoms with Crippen LogP contribution in [0.5, 0.6) is 11.5 Å². The molecule has 3 rings (SSSR count). The number of hydrogen-bond donors (Lipinski definition) is 1. The summed E-state index contributed by atoms with van der Waals surface area (Å²) in [6.07, 6.45) is 0. The lowest BCUT2D eigenvalue weighted by molar-refractivity contribution is -0.119. The van der Waals surface area contributed by atoms with Crippen molar-refractivity contribution in [1.82, 2.24) is 5.43 Å². The van der Waals surface area contributed by atoms with Gasteiger partial charge in [-0.1, -0.05) is 35.9 Å². The van der Waals surface area contributed by atoms with E-state index in [0.29, 0.717) is 27.8 Å². The molecule has 0 aromatic heterocycles. The highest BCUT2D eigenvalue weighted by Gasteiger charge is 2.27. The fourth-order valence-electron chi connectivity index (χ4n) is 3.10. The van der Waals surface area contributed by atoms with Crippen molar-refractivity contribution in [2.75, 3.05) is 25.1 Å². The second kappa shape index (κ2) is 11.0. The minimum absolute atomic E-state index is 0.0489. The maximum Gasteiger partial charge on any atom is 0.264 e. The molecule has 10 heteroatoms. The van der Waals surface area contributed by atoms with Crippen LogP contribution < -0.4 is 19.2 Å². The van der Waals surface area contributed by atoms with Gasteiger partial charge in [-0.3, -0.25) is 9.10 Å². The van der Waals surface area contributed by atoms with Crippen LogP contribution in [0.4, 0.5) is 5.69 Å². The average molecular weight is 502 g/mol. The van der Waals surface area contributed by atoms with Crippen molar-refractivity contribution in [2.45, 2.75) is 11.8 Å². The Bertz CT molecular complexity index is 1300. The van der Waals surface area contributed by atoms with Gasteiger partial charge in [0, 0.05) is 10.6 Å². The zero-order chi connectivity index (χ0) is 24.7. The Morgan fingerprint density at radius 2 is 1.68 bits per heavy atom. The van der Waals surface area contributed by atoms with Crippen LogP contribution in [0.25, 0.3) is 0 Å². The molecule has 1 N–H and O–H groups in total. The van der Waals surface area contributed by atoms with Crippen molar-refractivity contribution < 1.29 is 22.7 Å². The molecule has 0 atom stereocenters. The van der Waals surface area contributed by atoms with Crippen molar-refractivity contribution in [3.8, 4) is 11.5 Å². The van der Waals surface area contributed by atoms with Crippen LogP contribution >= 0.6 is 11.6 Å². The van der Waals surface area contributed by atoms with Gasteiger partial charge in [-0.05, 0) is 55.5 Å². The molecule has 8 nitrogen and oxygen atoms in total. The average Bonchev–Trinajstić information content (AvgIpc) is 2.85. The van der Waals surface area contributed by atoms with Crippen LogP contribution in [0.3, 0.4) is 0 Å². The number of carbonyl (C=O) groups is 1. The molecule has 3 aromatic carbocycles. The number of sulfonamides is 1. The van der Waals surface area contributed by atoms with E-state index in [0.717, 1.165) is 4.31 Å². The predicted molar refractivity (Wildman–Crippen MR) is 132 cm³/mol. The third-order valence-corrected chi connectivity index (χ3v) is 6.89. The second-order valence-corrected chi connectivity index (χ2v) is 9.41. The molecule has 0 aliphatic heterocycles. The summed E-state index contributed by atoms with van der Waals surface area (Å²) in [5, 5.41) is 4.46. The number of carbonyl (C=O) groups excluding carboxylic acids is 1. The topological polar surface area (TPSA) is 97.3 Å². The normalized spacial score (nSPS) is 11.6.